The van der Waals surface area contributed by atoms with Crippen LogP contribution in [-0.4, -0.2) is 23.3 Å². The molecule has 6 nitrogen and oxygen atoms in total. The molecule has 0 radical (unpaired) electrons. The van der Waals surface area contributed by atoms with Crippen LogP contribution in [0.3, 0.4) is 0 Å². The van der Waals surface area contributed by atoms with Crippen molar-refractivity contribution in [3.8, 4) is 5.75 Å². The highest BCUT2D eigenvalue weighted by Gasteiger charge is 2.08. The van der Waals surface area contributed by atoms with E-state index in [-0.39, 0.29) is 18.3 Å². The first kappa shape index (κ1) is 20.5. The zero-order valence-corrected chi connectivity index (χ0v) is 17.4. The van der Waals surface area contributed by atoms with Crippen LogP contribution in [0.15, 0.2) is 47.8 Å². The van der Waals surface area contributed by atoms with Gasteiger partial charge in [0.25, 0.3) is 5.91 Å². The Kier molecular flexibility index (Phi) is 6.61. The monoisotopic (exact) mass is 409 g/mol. The van der Waals surface area contributed by atoms with Crippen molar-refractivity contribution in [3.05, 3.63) is 70.2 Å². The predicted molar refractivity (Wildman–Crippen MR) is 115 cm³/mol. The molecule has 0 aliphatic heterocycles. The Bertz CT molecular complexity index is 1010. The lowest BCUT2D eigenvalue weighted by atomic mass is 10.1. The van der Waals surface area contributed by atoms with E-state index in [1.807, 2.05) is 49.6 Å². The number of amides is 1. The molecule has 0 aliphatic rings. The summed E-state index contributed by atoms with van der Waals surface area (Å²) in [5.41, 5.74) is 4.36. The highest BCUT2D eigenvalue weighted by molar-refractivity contribution is 7.13. The molecule has 0 fully saturated rings. The van der Waals surface area contributed by atoms with Gasteiger partial charge < -0.3 is 15.4 Å². The minimum Gasteiger partial charge on any atom is -0.483 e. The van der Waals surface area contributed by atoms with Gasteiger partial charge in [-0.15, -0.1) is 11.3 Å². The lowest BCUT2D eigenvalue weighted by molar-refractivity contribution is -0.123. The second kappa shape index (κ2) is 9.34. The number of aryl methyl sites for hydroxylation is 2. The fraction of sp³-hybridized carbons (Fsp3) is 0.227. The molecule has 2 N–H and O–H groups in total. The third-order valence-electron chi connectivity index (χ3n) is 4.26. The van der Waals surface area contributed by atoms with Gasteiger partial charge in [-0.3, -0.25) is 9.59 Å². The molecule has 0 aliphatic carbocycles. The van der Waals surface area contributed by atoms with E-state index in [2.05, 4.69) is 15.6 Å². The van der Waals surface area contributed by atoms with E-state index in [1.165, 1.54) is 18.3 Å². The summed E-state index contributed by atoms with van der Waals surface area (Å²) in [6.07, 6.45) is 0. The Labute approximate surface area is 173 Å². The smallest absolute Gasteiger partial charge is 0.258 e. The molecule has 0 spiro atoms. The maximum Gasteiger partial charge on any atom is 0.258 e. The molecule has 0 bridgehead atoms. The van der Waals surface area contributed by atoms with Crippen molar-refractivity contribution in [2.75, 3.05) is 11.9 Å². The summed E-state index contributed by atoms with van der Waals surface area (Å²) in [5.74, 6) is 0.551. The van der Waals surface area contributed by atoms with Crippen LogP contribution in [0.4, 0.5) is 10.8 Å². The minimum atomic E-state index is -0.201. The van der Waals surface area contributed by atoms with Crippen molar-refractivity contribution >= 4 is 33.8 Å². The van der Waals surface area contributed by atoms with Gasteiger partial charge in [-0.2, -0.15) is 0 Å². The summed E-state index contributed by atoms with van der Waals surface area (Å²) in [6, 6.07) is 13.1. The molecule has 0 saturated heterocycles. The van der Waals surface area contributed by atoms with Crippen LogP contribution in [0.1, 0.15) is 34.1 Å². The third kappa shape index (κ3) is 5.89. The largest absolute Gasteiger partial charge is 0.483 e. The van der Waals surface area contributed by atoms with Crippen molar-refractivity contribution in [1.82, 2.24) is 10.3 Å². The highest BCUT2D eigenvalue weighted by Crippen LogP contribution is 2.22. The van der Waals surface area contributed by atoms with Crippen molar-refractivity contribution in [2.45, 2.75) is 27.3 Å². The summed E-state index contributed by atoms with van der Waals surface area (Å²) in [4.78, 5) is 27.9. The van der Waals surface area contributed by atoms with Gasteiger partial charge in [0.1, 0.15) is 5.75 Å². The molecule has 3 aromatic rings. The van der Waals surface area contributed by atoms with E-state index in [4.69, 9.17) is 4.74 Å². The normalized spacial score (nSPS) is 10.4. The zero-order valence-electron chi connectivity index (χ0n) is 16.6. The van der Waals surface area contributed by atoms with E-state index < -0.39 is 0 Å². The van der Waals surface area contributed by atoms with Gasteiger partial charge in [0.2, 0.25) is 0 Å². The molecule has 29 heavy (non-hydrogen) atoms. The Morgan fingerprint density at radius 2 is 1.86 bits per heavy atom. The van der Waals surface area contributed by atoms with Crippen molar-refractivity contribution in [3.63, 3.8) is 0 Å². The number of thiazole rings is 1. The van der Waals surface area contributed by atoms with E-state index in [0.717, 1.165) is 33.4 Å². The summed E-state index contributed by atoms with van der Waals surface area (Å²) in [7, 11) is 0. The molecule has 7 heteroatoms. The van der Waals surface area contributed by atoms with Gasteiger partial charge in [-0.25, -0.2) is 4.98 Å². The number of rotatable bonds is 8. The van der Waals surface area contributed by atoms with Crippen molar-refractivity contribution < 1.29 is 14.3 Å². The number of ketones is 1. The number of carbonyl (C=O) groups is 2. The van der Waals surface area contributed by atoms with E-state index >= 15 is 0 Å². The maximum atomic E-state index is 12.1. The molecule has 150 valence electrons. The van der Waals surface area contributed by atoms with Gasteiger partial charge in [-0.05, 0) is 62.2 Å². The Balaban J connectivity index is 1.47. The van der Waals surface area contributed by atoms with Crippen LogP contribution in [0.2, 0.25) is 0 Å². The lowest BCUT2D eigenvalue weighted by Crippen LogP contribution is -2.28. The molecule has 3 rings (SSSR count). The number of nitrogens with zero attached hydrogens (tertiary/aromatic N) is 1. The SMILES string of the molecule is CC(=O)c1ccc(Nc2nc(CNC(=O)COc3cc(C)ccc3C)cs2)cc1. The number of ether oxygens (including phenoxy) is 1. The molecular weight excluding hydrogens is 386 g/mol. The number of anilines is 2. The van der Waals surface area contributed by atoms with Gasteiger partial charge in [0, 0.05) is 16.6 Å². The van der Waals surface area contributed by atoms with Gasteiger partial charge in [0.15, 0.2) is 17.5 Å². The first-order valence-corrected chi connectivity index (χ1v) is 10.1. The molecule has 1 heterocycles. The second-order valence-electron chi connectivity index (χ2n) is 6.74. The fourth-order valence-corrected chi connectivity index (χ4v) is 3.33. The first-order chi connectivity index (χ1) is 13.9. The van der Waals surface area contributed by atoms with E-state index in [9.17, 15) is 9.59 Å². The number of nitrogens with one attached hydrogen (secondary N) is 2. The lowest BCUT2D eigenvalue weighted by Gasteiger charge is -2.10. The average Bonchev–Trinajstić information content (AvgIpc) is 3.15. The van der Waals surface area contributed by atoms with Crippen molar-refractivity contribution in [2.24, 2.45) is 0 Å². The molecule has 0 unspecified atom stereocenters. The number of carbonyl (C=O) groups excluding carboxylic acids is 2. The molecule has 1 aromatic heterocycles. The number of aromatic nitrogens is 1. The molecular formula is C22H23N3O3S. The topological polar surface area (TPSA) is 80.3 Å². The number of hydrogen-bond donors (Lipinski definition) is 2. The highest BCUT2D eigenvalue weighted by atomic mass is 32.1. The van der Waals surface area contributed by atoms with Crippen LogP contribution < -0.4 is 15.4 Å². The van der Waals surface area contributed by atoms with Crippen LogP contribution in [0.25, 0.3) is 0 Å². The predicted octanol–water partition coefficient (Wildman–Crippen LogP) is 4.40. The zero-order chi connectivity index (χ0) is 20.8. The van der Waals surface area contributed by atoms with Gasteiger partial charge in [0.05, 0.1) is 12.2 Å². The summed E-state index contributed by atoms with van der Waals surface area (Å²) in [6.45, 7) is 5.76. The molecule has 0 saturated carbocycles. The third-order valence-corrected chi connectivity index (χ3v) is 5.07. The van der Waals surface area contributed by atoms with Crippen LogP contribution in [0.5, 0.6) is 5.75 Å². The summed E-state index contributed by atoms with van der Waals surface area (Å²) < 4.78 is 5.61. The van der Waals surface area contributed by atoms with Crippen LogP contribution in [-0.2, 0) is 11.3 Å². The minimum absolute atomic E-state index is 0.0327. The second-order valence-corrected chi connectivity index (χ2v) is 7.59. The van der Waals surface area contributed by atoms with Crippen LogP contribution in [0, 0.1) is 13.8 Å². The van der Waals surface area contributed by atoms with Gasteiger partial charge in [-0.1, -0.05) is 12.1 Å². The van der Waals surface area contributed by atoms with E-state index in [1.54, 1.807) is 12.1 Å². The van der Waals surface area contributed by atoms with Crippen molar-refractivity contribution in [1.29, 1.82) is 0 Å². The fourth-order valence-electron chi connectivity index (χ4n) is 2.60. The summed E-state index contributed by atoms with van der Waals surface area (Å²) in [5, 5.41) is 8.62. The maximum absolute atomic E-state index is 12.1. The van der Waals surface area contributed by atoms with Crippen LogP contribution >= 0.6 is 11.3 Å². The Morgan fingerprint density at radius 3 is 2.59 bits per heavy atom. The molecule has 0 atom stereocenters. The molecule has 2 aromatic carbocycles. The number of hydrogen-bond acceptors (Lipinski definition) is 6. The van der Waals surface area contributed by atoms with Gasteiger partial charge >= 0.3 is 0 Å². The Hall–Kier alpha value is -3.19. The van der Waals surface area contributed by atoms with E-state index in [0.29, 0.717) is 12.1 Å². The quantitative estimate of drug-likeness (QED) is 0.539. The standard InChI is InChI=1S/C22H23N3O3S/c1-14-4-5-15(2)20(10-14)28-12-21(27)23-11-19-13-29-22(25-19)24-18-8-6-17(7-9-18)16(3)26/h4-10,13H,11-12H2,1-3H3,(H,23,27)(H,24,25). The first-order valence-electron chi connectivity index (χ1n) is 9.20. The summed E-state index contributed by atoms with van der Waals surface area (Å²) >= 11 is 1.45. The Morgan fingerprint density at radius 1 is 1.10 bits per heavy atom. The molecule has 1 amide bonds. The number of benzene rings is 2. The average molecular weight is 410 g/mol. The number of Topliss-reactive ketones (excluding diaryl/α,β-unsaturated/α-hetero) is 1.